The summed E-state index contributed by atoms with van der Waals surface area (Å²) in [6, 6.07) is 4.06. The lowest BCUT2D eigenvalue weighted by molar-refractivity contribution is -0.141. The van der Waals surface area contributed by atoms with Crippen LogP contribution in [-0.4, -0.2) is 23.5 Å². The van der Waals surface area contributed by atoms with Crippen molar-refractivity contribution in [2.75, 3.05) is 11.9 Å². The number of rotatable bonds is 7. The molecular formula is C14H19FN2O3. The number of nitrogens with one attached hydrogen (secondary N) is 1. The van der Waals surface area contributed by atoms with Gasteiger partial charge in [0, 0.05) is 12.2 Å². The smallest absolute Gasteiger partial charge is 0.308 e. The number of hydrogen-bond donors (Lipinski definition) is 3. The lowest BCUT2D eigenvalue weighted by Gasteiger charge is -2.17. The van der Waals surface area contributed by atoms with Crippen LogP contribution in [0, 0.1) is 17.7 Å². The van der Waals surface area contributed by atoms with Crippen LogP contribution < -0.4 is 11.1 Å². The number of carbonyl (C=O) groups excluding carboxylic acids is 1. The fourth-order valence-corrected chi connectivity index (χ4v) is 2.00. The summed E-state index contributed by atoms with van der Waals surface area (Å²) < 4.78 is 13.5. The SMILES string of the molecule is CC(C)CC(CNc1cccc(F)c1C(N)=O)C(=O)O. The number of carboxylic acids is 1. The number of benzene rings is 1. The molecule has 5 nitrogen and oxygen atoms in total. The van der Waals surface area contributed by atoms with Gasteiger partial charge >= 0.3 is 5.97 Å². The Morgan fingerprint density at radius 3 is 2.55 bits per heavy atom. The van der Waals surface area contributed by atoms with E-state index in [0.717, 1.165) is 6.07 Å². The number of carboxylic acid groups (broad SMARTS) is 1. The molecule has 1 aromatic carbocycles. The van der Waals surface area contributed by atoms with Gasteiger partial charge in [0.15, 0.2) is 0 Å². The van der Waals surface area contributed by atoms with Crippen molar-refractivity contribution >= 4 is 17.6 Å². The molecule has 4 N–H and O–H groups in total. The summed E-state index contributed by atoms with van der Waals surface area (Å²) >= 11 is 0. The Labute approximate surface area is 117 Å². The average Bonchev–Trinajstić information content (AvgIpc) is 2.33. The van der Waals surface area contributed by atoms with E-state index in [1.54, 1.807) is 0 Å². The summed E-state index contributed by atoms with van der Waals surface area (Å²) in [5.74, 6) is -2.93. The number of carbonyl (C=O) groups is 2. The van der Waals surface area contributed by atoms with E-state index in [4.69, 9.17) is 10.8 Å². The topological polar surface area (TPSA) is 92.4 Å². The third kappa shape index (κ3) is 4.22. The van der Waals surface area contributed by atoms with Crippen molar-refractivity contribution in [3.05, 3.63) is 29.6 Å². The summed E-state index contributed by atoms with van der Waals surface area (Å²) in [6.45, 7) is 3.96. The predicted molar refractivity (Wildman–Crippen MR) is 74.0 cm³/mol. The molecule has 0 fully saturated rings. The number of hydrogen-bond acceptors (Lipinski definition) is 3. The highest BCUT2D eigenvalue weighted by atomic mass is 19.1. The van der Waals surface area contributed by atoms with E-state index in [-0.39, 0.29) is 23.7 Å². The molecule has 0 radical (unpaired) electrons. The van der Waals surface area contributed by atoms with E-state index < -0.39 is 23.6 Å². The van der Waals surface area contributed by atoms with Crippen molar-refractivity contribution in [2.24, 2.45) is 17.6 Å². The predicted octanol–water partition coefficient (Wildman–Crippen LogP) is 2.08. The van der Waals surface area contributed by atoms with Gasteiger partial charge in [-0.3, -0.25) is 9.59 Å². The Morgan fingerprint density at radius 2 is 2.05 bits per heavy atom. The number of primary amides is 1. The van der Waals surface area contributed by atoms with Crippen LogP contribution in [0.15, 0.2) is 18.2 Å². The molecule has 0 saturated heterocycles. The maximum atomic E-state index is 13.5. The zero-order valence-corrected chi connectivity index (χ0v) is 11.5. The monoisotopic (exact) mass is 282 g/mol. The molecule has 0 aliphatic carbocycles. The summed E-state index contributed by atoms with van der Waals surface area (Å²) in [5, 5.41) is 11.9. The molecule has 110 valence electrons. The largest absolute Gasteiger partial charge is 0.481 e. The van der Waals surface area contributed by atoms with Gasteiger partial charge in [-0.1, -0.05) is 19.9 Å². The molecule has 0 heterocycles. The van der Waals surface area contributed by atoms with Crippen LogP contribution in [-0.2, 0) is 4.79 Å². The summed E-state index contributed by atoms with van der Waals surface area (Å²) in [7, 11) is 0. The molecule has 0 bridgehead atoms. The van der Waals surface area contributed by atoms with E-state index in [2.05, 4.69) is 5.32 Å². The van der Waals surface area contributed by atoms with Gasteiger partial charge in [-0.25, -0.2) is 4.39 Å². The van der Waals surface area contributed by atoms with Crippen LogP contribution in [0.5, 0.6) is 0 Å². The van der Waals surface area contributed by atoms with Crippen molar-refractivity contribution < 1.29 is 19.1 Å². The second-order valence-electron chi connectivity index (χ2n) is 5.07. The second-order valence-corrected chi connectivity index (χ2v) is 5.07. The third-order valence-electron chi connectivity index (χ3n) is 2.90. The average molecular weight is 282 g/mol. The Balaban J connectivity index is 2.85. The van der Waals surface area contributed by atoms with Crippen molar-refractivity contribution in [3.8, 4) is 0 Å². The van der Waals surface area contributed by atoms with Gasteiger partial charge in [0.25, 0.3) is 5.91 Å². The fourth-order valence-electron chi connectivity index (χ4n) is 2.00. The first-order chi connectivity index (χ1) is 9.32. The zero-order chi connectivity index (χ0) is 15.3. The first kappa shape index (κ1) is 15.9. The highest BCUT2D eigenvalue weighted by Crippen LogP contribution is 2.20. The van der Waals surface area contributed by atoms with Gasteiger partial charge < -0.3 is 16.2 Å². The molecule has 0 aliphatic heterocycles. The van der Waals surface area contributed by atoms with Gasteiger partial charge in [0.05, 0.1) is 11.5 Å². The van der Waals surface area contributed by atoms with E-state index in [1.165, 1.54) is 12.1 Å². The molecule has 0 saturated carbocycles. The molecule has 1 atom stereocenters. The molecule has 20 heavy (non-hydrogen) atoms. The normalized spacial score (nSPS) is 12.2. The molecule has 6 heteroatoms. The van der Waals surface area contributed by atoms with Gasteiger partial charge in [-0.05, 0) is 24.5 Å². The molecule has 1 aromatic rings. The van der Waals surface area contributed by atoms with Crippen LogP contribution in [0.3, 0.4) is 0 Å². The minimum atomic E-state index is -0.928. The molecule has 1 rings (SSSR count). The lowest BCUT2D eigenvalue weighted by atomic mass is 9.97. The number of anilines is 1. The standard InChI is InChI=1S/C14H19FN2O3/c1-8(2)6-9(14(19)20)7-17-11-5-3-4-10(15)12(11)13(16)18/h3-5,8-9,17H,6-7H2,1-2H3,(H2,16,18)(H,19,20). The third-order valence-corrected chi connectivity index (χ3v) is 2.90. The van der Waals surface area contributed by atoms with Crippen molar-refractivity contribution in [3.63, 3.8) is 0 Å². The second kappa shape index (κ2) is 6.88. The van der Waals surface area contributed by atoms with E-state index >= 15 is 0 Å². The lowest BCUT2D eigenvalue weighted by Crippen LogP contribution is -2.26. The first-order valence-electron chi connectivity index (χ1n) is 6.38. The molecule has 1 amide bonds. The summed E-state index contributed by atoms with van der Waals surface area (Å²) in [6.07, 6.45) is 0.490. The summed E-state index contributed by atoms with van der Waals surface area (Å²) in [5.41, 5.74) is 5.09. The van der Waals surface area contributed by atoms with Crippen LogP contribution in [0.1, 0.15) is 30.6 Å². The highest BCUT2D eigenvalue weighted by molar-refractivity contribution is 5.98. The van der Waals surface area contributed by atoms with Gasteiger partial charge in [0.2, 0.25) is 0 Å². The van der Waals surface area contributed by atoms with Crippen molar-refractivity contribution in [1.29, 1.82) is 0 Å². The van der Waals surface area contributed by atoms with Crippen LogP contribution in [0.25, 0.3) is 0 Å². The number of halogens is 1. The quantitative estimate of drug-likeness (QED) is 0.714. The molecule has 1 unspecified atom stereocenters. The molecule has 0 aliphatic rings. The summed E-state index contributed by atoms with van der Waals surface area (Å²) in [4.78, 5) is 22.4. The van der Waals surface area contributed by atoms with Crippen LogP contribution in [0.4, 0.5) is 10.1 Å². The Kier molecular flexibility index (Phi) is 5.49. The van der Waals surface area contributed by atoms with Crippen molar-refractivity contribution in [1.82, 2.24) is 0 Å². The number of amides is 1. The number of aliphatic carboxylic acids is 1. The minimum Gasteiger partial charge on any atom is -0.481 e. The van der Waals surface area contributed by atoms with Crippen LogP contribution >= 0.6 is 0 Å². The number of nitrogens with two attached hydrogens (primary N) is 1. The van der Waals surface area contributed by atoms with E-state index in [0.29, 0.717) is 6.42 Å². The van der Waals surface area contributed by atoms with E-state index in [9.17, 15) is 14.0 Å². The van der Waals surface area contributed by atoms with Gasteiger partial charge in [-0.15, -0.1) is 0 Å². The first-order valence-corrected chi connectivity index (χ1v) is 6.38. The Bertz CT molecular complexity index is 503. The van der Waals surface area contributed by atoms with Gasteiger partial charge in [-0.2, -0.15) is 0 Å². The van der Waals surface area contributed by atoms with Crippen LogP contribution in [0.2, 0.25) is 0 Å². The maximum absolute atomic E-state index is 13.5. The molecule has 0 aromatic heterocycles. The zero-order valence-electron chi connectivity index (χ0n) is 11.5. The molecular weight excluding hydrogens is 263 g/mol. The van der Waals surface area contributed by atoms with E-state index in [1.807, 2.05) is 13.8 Å². The Hall–Kier alpha value is -2.11. The molecule has 0 spiro atoms. The maximum Gasteiger partial charge on any atom is 0.308 e. The van der Waals surface area contributed by atoms with Gasteiger partial charge in [0.1, 0.15) is 5.82 Å². The fraction of sp³-hybridized carbons (Fsp3) is 0.429. The van der Waals surface area contributed by atoms with Crippen molar-refractivity contribution in [2.45, 2.75) is 20.3 Å². The minimum absolute atomic E-state index is 0.108. The highest BCUT2D eigenvalue weighted by Gasteiger charge is 2.20. The Morgan fingerprint density at radius 1 is 1.40 bits per heavy atom.